The molecule has 19 heavy (non-hydrogen) atoms. The maximum absolute atomic E-state index is 13.5. The number of rotatable bonds is 7. The van der Waals surface area contributed by atoms with E-state index < -0.39 is 11.6 Å². The van der Waals surface area contributed by atoms with Crippen LogP contribution >= 0.6 is 0 Å². The zero-order valence-electron chi connectivity index (χ0n) is 11.7. The van der Waals surface area contributed by atoms with Gasteiger partial charge in [0.25, 0.3) is 0 Å². The van der Waals surface area contributed by atoms with E-state index in [0.29, 0.717) is 12.6 Å². The molecule has 0 heterocycles. The van der Waals surface area contributed by atoms with Gasteiger partial charge in [-0.15, -0.1) is 0 Å². The third kappa shape index (κ3) is 4.10. The lowest BCUT2D eigenvalue weighted by Gasteiger charge is -2.25. The minimum absolute atomic E-state index is 0.155. The summed E-state index contributed by atoms with van der Waals surface area (Å²) in [5.74, 6) is -2.37. The monoisotopic (exact) mass is 269 g/mol. The fourth-order valence-corrected chi connectivity index (χ4v) is 2.23. The van der Waals surface area contributed by atoms with Gasteiger partial charge in [-0.1, -0.05) is 19.9 Å². The maximum atomic E-state index is 13.5. The fraction of sp³-hybridized carbons (Fsp3) is 0.533. The lowest BCUT2D eigenvalue weighted by Crippen LogP contribution is -2.32. The molecule has 0 aliphatic rings. The first-order chi connectivity index (χ1) is 9.01. The number of Topliss-reactive ketones (excluding diaryl/α,β-unsaturated/α-hetero) is 1. The molecule has 0 saturated carbocycles. The van der Waals surface area contributed by atoms with Crippen LogP contribution in [-0.2, 0) is 0 Å². The molecule has 1 rings (SSSR count). The van der Waals surface area contributed by atoms with Gasteiger partial charge in [-0.25, -0.2) is 8.78 Å². The number of benzene rings is 1. The summed E-state index contributed by atoms with van der Waals surface area (Å²) in [5, 5.41) is 0. The van der Waals surface area contributed by atoms with Crippen LogP contribution in [0.4, 0.5) is 8.78 Å². The topological polar surface area (TPSA) is 20.3 Å². The van der Waals surface area contributed by atoms with Crippen LogP contribution in [0.2, 0.25) is 0 Å². The zero-order chi connectivity index (χ0) is 14.4. The number of hydrogen-bond donors (Lipinski definition) is 0. The first-order valence-corrected chi connectivity index (χ1v) is 6.68. The molecular weight excluding hydrogens is 248 g/mol. The van der Waals surface area contributed by atoms with Crippen molar-refractivity contribution in [3.8, 4) is 0 Å². The lowest BCUT2D eigenvalue weighted by atomic mass is 10.1. The average Bonchev–Trinajstić information content (AvgIpc) is 2.40. The standard InChI is InChI=1S/C15H21F2NO/c1-4-11(5-2)18(3)10-9-14(19)12-7-6-8-13(16)15(12)17/h6-8,11H,4-5,9-10H2,1-3H3. The molecule has 0 atom stereocenters. The molecule has 0 fully saturated rings. The second-order valence-corrected chi connectivity index (χ2v) is 4.73. The van der Waals surface area contributed by atoms with Gasteiger partial charge in [0.2, 0.25) is 0 Å². The van der Waals surface area contributed by atoms with Crippen LogP contribution in [0.25, 0.3) is 0 Å². The Labute approximate surface area is 113 Å². The second kappa shape index (κ2) is 7.34. The summed E-state index contributed by atoms with van der Waals surface area (Å²) in [7, 11) is 1.95. The van der Waals surface area contributed by atoms with Crippen molar-refractivity contribution in [3.63, 3.8) is 0 Å². The zero-order valence-corrected chi connectivity index (χ0v) is 11.7. The van der Waals surface area contributed by atoms with E-state index in [1.807, 2.05) is 7.05 Å². The average molecular weight is 269 g/mol. The largest absolute Gasteiger partial charge is 0.303 e. The number of nitrogens with zero attached hydrogens (tertiary/aromatic N) is 1. The molecule has 0 radical (unpaired) electrons. The van der Waals surface area contributed by atoms with E-state index in [1.54, 1.807) is 0 Å². The predicted molar refractivity (Wildman–Crippen MR) is 72.3 cm³/mol. The molecule has 1 aromatic carbocycles. The number of carbonyl (C=O) groups is 1. The summed E-state index contributed by atoms with van der Waals surface area (Å²) in [6, 6.07) is 4.13. The van der Waals surface area contributed by atoms with E-state index in [2.05, 4.69) is 18.7 Å². The highest BCUT2D eigenvalue weighted by molar-refractivity contribution is 5.96. The predicted octanol–water partition coefficient (Wildman–Crippen LogP) is 3.66. The van der Waals surface area contributed by atoms with Gasteiger partial charge in [-0.2, -0.15) is 0 Å². The van der Waals surface area contributed by atoms with E-state index in [0.717, 1.165) is 18.9 Å². The van der Waals surface area contributed by atoms with Gasteiger partial charge in [0, 0.05) is 19.0 Å². The van der Waals surface area contributed by atoms with Gasteiger partial charge >= 0.3 is 0 Å². The lowest BCUT2D eigenvalue weighted by molar-refractivity contribution is 0.0953. The Kier molecular flexibility index (Phi) is 6.09. The molecule has 106 valence electrons. The van der Waals surface area contributed by atoms with Gasteiger partial charge in [0.05, 0.1) is 5.56 Å². The van der Waals surface area contributed by atoms with Gasteiger partial charge in [0.15, 0.2) is 17.4 Å². The van der Waals surface area contributed by atoms with Gasteiger partial charge in [0.1, 0.15) is 0 Å². The molecule has 4 heteroatoms. The molecule has 0 unspecified atom stereocenters. The van der Waals surface area contributed by atoms with Crippen LogP contribution in [-0.4, -0.2) is 30.3 Å². The van der Waals surface area contributed by atoms with Crippen LogP contribution in [0.15, 0.2) is 18.2 Å². The number of halogens is 2. The molecule has 0 aliphatic heterocycles. The van der Waals surface area contributed by atoms with Crippen LogP contribution < -0.4 is 0 Å². The molecule has 2 nitrogen and oxygen atoms in total. The van der Waals surface area contributed by atoms with Crippen molar-refractivity contribution in [1.29, 1.82) is 0 Å². The molecule has 0 aliphatic carbocycles. The Balaban J connectivity index is 2.63. The minimum atomic E-state index is -1.04. The SMILES string of the molecule is CCC(CC)N(C)CCC(=O)c1cccc(F)c1F. The first-order valence-electron chi connectivity index (χ1n) is 6.68. The van der Waals surface area contributed by atoms with Crippen molar-refractivity contribution < 1.29 is 13.6 Å². The van der Waals surface area contributed by atoms with E-state index in [4.69, 9.17) is 0 Å². The Hall–Kier alpha value is -1.29. The van der Waals surface area contributed by atoms with Crippen molar-refractivity contribution in [2.24, 2.45) is 0 Å². The van der Waals surface area contributed by atoms with E-state index in [9.17, 15) is 13.6 Å². The summed E-state index contributed by atoms with van der Waals surface area (Å²) in [5.41, 5.74) is -0.155. The summed E-state index contributed by atoms with van der Waals surface area (Å²) in [6.07, 6.45) is 2.22. The van der Waals surface area contributed by atoms with Crippen molar-refractivity contribution in [2.75, 3.05) is 13.6 Å². The summed E-state index contributed by atoms with van der Waals surface area (Å²) < 4.78 is 26.5. The quantitative estimate of drug-likeness (QED) is 0.704. The number of hydrogen-bond acceptors (Lipinski definition) is 2. The number of carbonyl (C=O) groups excluding carboxylic acids is 1. The summed E-state index contributed by atoms with van der Waals surface area (Å²) >= 11 is 0. The van der Waals surface area contributed by atoms with Gasteiger partial charge in [-0.3, -0.25) is 4.79 Å². The van der Waals surface area contributed by atoms with Crippen molar-refractivity contribution in [3.05, 3.63) is 35.4 Å². The minimum Gasteiger partial charge on any atom is -0.303 e. The van der Waals surface area contributed by atoms with E-state index >= 15 is 0 Å². The molecule has 0 saturated heterocycles. The molecule has 0 amide bonds. The van der Waals surface area contributed by atoms with Crippen LogP contribution in [0.5, 0.6) is 0 Å². The number of ketones is 1. The Bertz CT molecular complexity index is 430. The molecule has 0 bridgehead atoms. The third-order valence-electron chi connectivity index (χ3n) is 3.51. The van der Waals surface area contributed by atoms with Gasteiger partial charge < -0.3 is 4.90 Å². The Morgan fingerprint density at radius 1 is 1.26 bits per heavy atom. The van der Waals surface area contributed by atoms with Crippen molar-refractivity contribution in [1.82, 2.24) is 4.90 Å². The molecular formula is C15H21F2NO. The summed E-state index contributed by atoms with van der Waals surface area (Å²) in [4.78, 5) is 14.0. The fourth-order valence-electron chi connectivity index (χ4n) is 2.23. The van der Waals surface area contributed by atoms with E-state index in [-0.39, 0.29) is 17.8 Å². The molecule has 1 aromatic rings. The highest BCUT2D eigenvalue weighted by Gasteiger charge is 2.17. The summed E-state index contributed by atoms with van der Waals surface area (Å²) in [6.45, 7) is 4.75. The molecule has 0 aromatic heterocycles. The van der Waals surface area contributed by atoms with Gasteiger partial charge in [-0.05, 0) is 32.0 Å². The molecule has 0 spiro atoms. The first kappa shape index (κ1) is 15.8. The second-order valence-electron chi connectivity index (χ2n) is 4.73. The normalized spacial score (nSPS) is 11.3. The van der Waals surface area contributed by atoms with Crippen molar-refractivity contribution in [2.45, 2.75) is 39.2 Å². The Morgan fingerprint density at radius 2 is 1.89 bits per heavy atom. The highest BCUT2D eigenvalue weighted by Crippen LogP contribution is 2.14. The Morgan fingerprint density at radius 3 is 2.47 bits per heavy atom. The van der Waals surface area contributed by atoms with Crippen molar-refractivity contribution >= 4 is 5.78 Å². The third-order valence-corrected chi connectivity index (χ3v) is 3.51. The van der Waals surface area contributed by atoms with Crippen LogP contribution in [0.3, 0.4) is 0 Å². The van der Waals surface area contributed by atoms with Crippen LogP contribution in [0.1, 0.15) is 43.5 Å². The van der Waals surface area contributed by atoms with Crippen LogP contribution in [0, 0.1) is 11.6 Å². The maximum Gasteiger partial charge on any atom is 0.169 e. The van der Waals surface area contributed by atoms with E-state index in [1.165, 1.54) is 12.1 Å². The smallest absolute Gasteiger partial charge is 0.169 e. The highest BCUT2D eigenvalue weighted by atomic mass is 19.2. The molecule has 0 N–H and O–H groups in total.